The van der Waals surface area contributed by atoms with Crippen LogP contribution in [0, 0.1) is 0 Å². The second kappa shape index (κ2) is 11.2. The van der Waals surface area contributed by atoms with Crippen LogP contribution in [0.4, 0.5) is 4.79 Å². The van der Waals surface area contributed by atoms with Crippen LogP contribution < -0.4 is 11.1 Å². The molecule has 1 heterocycles. The number of unbranched alkanes of at least 4 members (excludes halogenated alkanes) is 9. The van der Waals surface area contributed by atoms with E-state index in [1.54, 1.807) is 0 Å². The van der Waals surface area contributed by atoms with Gasteiger partial charge in [0.05, 0.1) is 0 Å². The molecule has 4 heteroatoms. The molecule has 0 aromatic heterocycles. The fourth-order valence-corrected chi connectivity index (χ4v) is 4.98. The molecular formula is C22H45N3O. The second-order valence-corrected chi connectivity index (χ2v) is 9.57. The van der Waals surface area contributed by atoms with E-state index in [1.807, 2.05) is 0 Å². The van der Waals surface area contributed by atoms with E-state index in [0.29, 0.717) is 0 Å². The highest BCUT2D eigenvalue weighted by Gasteiger charge is 2.44. The first-order valence-corrected chi connectivity index (χ1v) is 11.0. The number of hydrogen-bond donors (Lipinski definition) is 2. The fourth-order valence-electron chi connectivity index (χ4n) is 4.98. The van der Waals surface area contributed by atoms with E-state index in [1.165, 1.54) is 64.2 Å². The smallest absolute Gasteiger partial charge is 0.312 e. The van der Waals surface area contributed by atoms with Gasteiger partial charge in [-0.3, -0.25) is 4.90 Å². The Labute approximate surface area is 162 Å². The Kier molecular flexibility index (Phi) is 9.99. The third kappa shape index (κ3) is 8.28. The molecule has 0 aliphatic carbocycles. The highest BCUT2D eigenvalue weighted by molar-refractivity contribution is 5.72. The number of nitrogens with one attached hydrogen (secondary N) is 1. The van der Waals surface area contributed by atoms with Crippen molar-refractivity contribution in [2.75, 3.05) is 6.54 Å². The molecule has 4 nitrogen and oxygen atoms in total. The van der Waals surface area contributed by atoms with Crippen LogP contribution in [-0.4, -0.2) is 34.6 Å². The lowest BCUT2D eigenvalue weighted by atomic mass is 9.76. The van der Waals surface area contributed by atoms with Crippen molar-refractivity contribution in [3.05, 3.63) is 0 Å². The van der Waals surface area contributed by atoms with E-state index >= 15 is 0 Å². The molecule has 0 bridgehead atoms. The summed E-state index contributed by atoms with van der Waals surface area (Å²) in [5, 5.41) is 2.93. The number of nitrogens with zero attached hydrogens (tertiary/aromatic N) is 1. The SMILES string of the molecule is CCCCCCCCCCCCN1C(C)(C)CC(NC(N)=O)CC1(C)C. The molecule has 1 rings (SSSR count). The molecule has 1 fully saturated rings. The summed E-state index contributed by atoms with van der Waals surface area (Å²) in [6.07, 6.45) is 15.7. The summed E-state index contributed by atoms with van der Waals surface area (Å²) in [6.45, 7) is 12.7. The van der Waals surface area contributed by atoms with Gasteiger partial charge >= 0.3 is 6.03 Å². The van der Waals surface area contributed by atoms with Gasteiger partial charge in [0.2, 0.25) is 0 Å². The van der Waals surface area contributed by atoms with Crippen LogP contribution >= 0.6 is 0 Å². The Hall–Kier alpha value is -0.770. The molecule has 1 aliphatic heterocycles. The van der Waals surface area contributed by atoms with Crippen LogP contribution in [0.3, 0.4) is 0 Å². The molecule has 2 amide bonds. The normalized spacial score (nSPS) is 20.2. The van der Waals surface area contributed by atoms with Crippen LogP contribution in [0.5, 0.6) is 0 Å². The number of nitrogens with two attached hydrogens (primary N) is 1. The highest BCUT2D eigenvalue weighted by Crippen LogP contribution is 2.38. The zero-order valence-electron chi connectivity index (χ0n) is 18.2. The number of likely N-dealkylation sites (tertiary alicyclic amines) is 1. The molecule has 0 aromatic rings. The predicted octanol–water partition coefficient (Wildman–Crippen LogP) is 5.60. The van der Waals surface area contributed by atoms with Gasteiger partial charge in [0.15, 0.2) is 0 Å². The summed E-state index contributed by atoms with van der Waals surface area (Å²) in [7, 11) is 0. The van der Waals surface area contributed by atoms with Gasteiger partial charge in [-0.2, -0.15) is 0 Å². The van der Waals surface area contributed by atoms with Crippen molar-refractivity contribution in [1.82, 2.24) is 10.2 Å². The van der Waals surface area contributed by atoms with Crippen molar-refractivity contribution < 1.29 is 4.79 Å². The van der Waals surface area contributed by atoms with Gasteiger partial charge in [-0.15, -0.1) is 0 Å². The topological polar surface area (TPSA) is 58.4 Å². The first-order chi connectivity index (χ1) is 12.2. The summed E-state index contributed by atoms with van der Waals surface area (Å²) in [5.41, 5.74) is 5.53. The number of carbonyl (C=O) groups excluding carboxylic acids is 1. The molecule has 26 heavy (non-hydrogen) atoms. The highest BCUT2D eigenvalue weighted by atomic mass is 16.2. The average molecular weight is 368 g/mol. The van der Waals surface area contributed by atoms with Crippen molar-refractivity contribution in [3.8, 4) is 0 Å². The number of carbonyl (C=O) groups is 1. The molecule has 1 aliphatic rings. The molecule has 1 saturated heterocycles. The average Bonchev–Trinajstić information content (AvgIpc) is 2.49. The minimum atomic E-state index is -0.398. The van der Waals surface area contributed by atoms with Crippen LogP contribution in [0.15, 0.2) is 0 Å². The van der Waals surface area contributed by atoms with Gasteiger partial charge in [0, 0.05) is 17.1 Å². The van der Waals surface area contributed by atoms with Gasteiger partial charge in [0.25, 0.3) is 0 Å². The standard InChI is InChI=1S/C22H45N3O/c1-6-7-8-9-10-11-12-13-14-15-16-25-21(2,3)17-19(24-20(23)26)18-22(25,4)5/h19H,6-18H2,1-5H3,(H3,23,24,26). The maximum absolute atomic E-state index is 11.2. The summed E-state index contributed by atoms with van der Waals surface area (Å²) in [5.74, 6) is 0. The molecule has 3 N–H and O–H groups in total. The van der Waals surface area contributed by atoms with Crippen molar-refractivity contribution in [1.29, 1.82) is 0 Å². The minimum Gasteiger partial charge on any atom is -0.352 e. The summed E-state index contributed by atoms with van der Waals surface area (Å²) < 4.78 is 0. The van der Waals surface area contributed by atoms with Gasteiger partial charge in [-0.25, -0.2) is 4.79 Å². The van der Waals surface area contributed by atoms with Crippen molar-refractivity contribution in [2.24, 2.45) is 5.73 Å². The molecule has 0 aromatic carbocycles. The van der Waals surface area contributed by atoms with Crippen LogP contribution in [0.1, 0.15) is 112 Å². The molecular weight excluding hydrogens is 322 g/mol. The largest absolute Gasteiger partial charge is 0.352 e. The molecule has 0 radical (unpaired) electrons. The lowest BCUT2D eigenvalue weighted by Crippen LogP contribution is -2.64. The summed E-state index contributed by atoms with van der Waals surface area (Å²) >= 11 is 0. The van der Waals surface area contributed by atoms with Gasteiger partial charge in [0.1, 0.15) is 0 Å². The zero-order chi connectivity index (χ0) is 19.6. The Morgan fingerprint density at radius 1 is 0.885 bits per heavy atom. The van der Waals surface area contributed by atoms with Crippen LogP contribution in [0.25, 0.3) is 0 Å². The Balaban J connectivity index is 2.27. The lowest BCUT2D eigenvalue weighted by molar-refractivity contribution is -0.0393. The monoisotopic (exact) mass is 367 g/mol. The number of rotatable bonds is 12. The third-order valence-electron chi connectivity index (χ3n) is 6.03. The summed E-state index contributed by atoms with van der Waals surface area (Å²) in [4.78, 5) is 13.9. The van der Waals surface area contributed by atoms with E-state index in [4.69, 9.17) is 5.73 Å². The third-order valence-corrected chi connectivity index (χ3v) is 6.03. The first kappa shape index (κ1) is 23.3. The fraction of sp³-hybridized carbons (Fsp3) is 0.955. The van der Waals surface area contributed by atoms with E-state index < -0.39 is 6.03 Å². The zero-order valence-corrected chi connectivity index (χ0v) is 18.2. The quantitative estimate of drug-likeness (QED) is 0.441. The van der Waals surface area contributed by atoms with Gasteiger partial charge < -0.3 is 11.1 Å². The Bertz CT molecular complexity index is 388. The summed E-state index contributed by atoms with van der Waals surface area (Å²) in [6, 6.07) is -0.216. The maximum atomic E-state index is 11.2. The Morgan fingerprint density at radius 2 is 1.31 bits per heavy atom. The van der Waals surface area contributed by atoms with Gasteiger partial charge in [-0.05, 0) is 53.5 Å². The lowest BCUT2D eigenvalue weighted by Gasteiger charge is -2.55. The maximum Gasteiger partial charge on any atom is 0.312 e. The number of primary amides is 1. The number of urea groups is 1. The molecule has 0 unspecified atom stereocenters. The van der Waals surface area contributed by atoms with Crippen molar-refractivity contribution in [2.45, 2.75) is 129 Å². The molecule has 0 atom stereocenters. The molecule has 0 spiro atoms. The van der Waals surface area contributed by atoms with Crippen LogP contribution in [0.2, 0.25) is 0 Å². The Morgan fingerprint density at radius 3 is 1.73 bits per heavy atom. The number of piperidine rings is 1. The van der Waals surface area contributed by atoms with Gasteiger partial charge in [-0.1, -0.05) is 64.7 Å². The van der Waals surface area contributed by atoms with E-state index in [-0.39, 0.29) is 17.1 Å². The van der Waals surface area contributed by atoms with Crippen LogP contribution in [-0.2, 0) is 0 Å². The molecule has 0 saturated carbocycles. The van der Waals surface area contributed by atoms with E-state index in [2.05, 4.69) is 44.8 Å². The number of hydrogen-bond acceptors (Lipinski definition) is 2. The molecule has 154 valence electrons. The predicted molar refractivity (Wildman–Crippen MR) is 112 cm³/mol. The van der Waals surface area contributed by atoms with Crippen molar-refractivity contribution >= 4 is 6.03 Å². The second-order valence-electron chi connectivity index (χ2n) is 9.57. The minimum absolute atomic E-state index is 0.0914. The van der Waals surface area contributed by atoms with E-state index in [0.717, 1.165) is 19.4 Å². The van der Waals surface area contributed by atoms with Crippen molar-refractivity contribution in [3.63, 3.8) is 0 Å². The van der Waals surface area contributed by atoms with E-state index in [9.17, 15) is 4.79 Å². The first-order valence-electron chi connectivity index (χ1n) is 11.0. The number of amides is 2.